The Morgan fingerprint density at radius 3 is 2.72 bits per heavy atom. The minimum Gasteiger partial charge on any atom is -0.328 e. The fraction of sp³-hybridized carbons (Fsp3) is 0.250. The summed E-state index contributed by atoms with van der Waals surface area (Å²) < 4.78 is 13.0. The number of Topliss-reactive ketones (excluding diaryl/α,β-unsaturated/α-hetero) is 1. The minimum absolute atomic E-state index is 0.0397. The lowest BCUT2D eigenvalue weighted by molar-refractivity contribution is -0.127. The van der Waals surface area contributed by atoms with Crippen LogP contribution < -0.4 is 0 Å². The van der Waals surface area contributed by atoms with E-state index in [1.807, 2.05) is 23.1 Å². The van der Waals surface area contributed by atoms with Crippen molar-refractivity contribution in [3.8, 4) is 0 Å². The number of aliphatic imine (C=N–C) groups is 1. The number of hydrogen-bond acceptors (Lipinski definition) is 3. The second-order valence-corrected chi connectivity index (χ2v) is 6.36. The van der Waals surface area contributed by atoms with Crippen molar-refractivity contribution < 1.29 is 14.0 Å². The van der Waals surface area contributed by atoms with Gasteiger partial charge in [0.05, 0.1) is 19.0 Å². The maximum Gasteiger partial charge on any atom is 0.268 e. The molecule has 2 aromatic carbocycles. The van der Waals surface area contributed by atoms with Gasteiger partial charge in [-0.05, 0) is 41.8 Å². The Labute approximate surface area is 145 Å². The molecule has 4 rings (SSSR count). The molecule has 1 amide bonds. The molecule has 0 saturated heterocycles. The molecular weight excluding hydrogens is 319 g/mol. The van der Waals surface area contributed by atoms with Gasteiger partial charge in [-0.3, -0.25) is 14.6 Å². The summed E-state index contributed by atoms with van der Waals surface area (Å²) in [5.74, 6) is -0.776. The van der Waals surface area contributed by atoms with Gasteiger partial charge in [-0.25, -0.2) is 4.39 Å². The lowest BCUT2D eigenvalue weighted by Crippen LogP contribution is -2.48. The molecule has 0 N–H and O–H groups in total. The third-order valence-corrected chi connectivity index (χ3v) is 4.87. The molecular formula is C20H17FN2O2. The van der Waals surface area contributed by atoms with E-state index < -0.39 is 5.82 Å². The number of fused-ring (bicyclic) bond motifs is 3. The highest BCUT2D eigenvalue weighted by atomic mass is 19.1. The standard InChI is InChI=1S/C20H17FN2O2/c21-15-7-5-14(6-8-15)19(24)11-17-20(25)23-10-9-13-3-1-2-4-16(13)18(23)12-22-17/h1-8,18H,9-12H2/t18-/m0/s1. The Morgan fingerprint density at radius 2 is 1.92 bits per heavy atom. The number of hydrogen-bond donors (Lipinski definition) is 0. The Balaban J connectivity index is 1.55. The van der Waals surface area contributed by atoms with E-state index >= 15 is 0 Å². The molecule has 126 valence electrons. The van der Waals surface area contributed by atoms with Crippen LogP contribution in [0.1, 0.15) is 33.9 Å². The monoisotopic (exact) mass is 336 g/mol. The van der Waals surface area contributed by atoms with Gasteiger partial charge in [0.2, 0.25) is 0 Å². The van der Waals surface area contributed by atoms with Gasteiger partial charge in [-0.2, -0.15) is 0 Å². The molecule has 5 heteroatoms. The number of rotatable bonds is 3. The van der Waals surface area contributed by atoms with Crippen molar-refractivity contribution >= 4 is 17.4 Å². The van der Waals surface area contributed by atoms with Gasteiger partial charge in [0.1, 0.15) is 11.5 Å². The first-order valence-electron chi connectivity index (χ1n) is 8.34. The van der Waals surface area contributed by atoms with Gasteiger partial charge in [0, 0.05) is 12.1 Å². The Morgan fingerprint density at radius 1 is 1.16 bits per heavy atom. The zero-order valence-corrected chi connectivity index (χ0v) is 13.6. The zero-order valence-electron chi connectivity index (χ0n) is 13.6. The van der Waals surface area contributed by atoms with E-state index in [2.05, 4.69) is 11.1 Å². The minimum atomic E-state index is -0.391. The van der Waals surface area contributed by atoms with Crippen molar-refractivity contribution in [1.29, 1.82) is 0 Å². The van der Waals surface area contributed by atoms with Gasteiger partial charge >= 0.3 is 0 Å². The predicted octanol–water partition coefficient (Wildman–Crippen LogP) is 2.98. The van der Waals surface area contributed by atoms with Crippen LogP contribution in [0.2, 0.25) is 0 Å². The average molecular weight is 336 g/mol. The highest BCUT2D eigenvalue weighted by molar-refractivity contribution is 6.43. The topological polar surface area (TPSA) is 49.7 Å². The molecule has 0 bridgehead atoms. The molecule has 2 heterocycles. The number of carbonyl (C=O) groups is 2. The first kappa shape index (κ1) is 15.7. The average Bonchev–Trinajstić information content (AvgIpc) is 2.64. The molecule has 2 aliphatic rings. The maximum atomic E-state index is 13.0. The first-order valence-corrected chi connectivity index (χ1v) is 8.34. The van der Waals surface area contributed by atoms with Crippen LogP contribution in [0.4, 0.5) is 4.39 Å². The second kappa shape index (κ2) is 6.24. The maximum absolute atomic E-state index is 13.0. The fourth-order valence-corrected chi connectivity index (χ4v) is 3.54. The van der Waals surface area contributed by atoms with E-state index in [1.54, 1.807) is 0 Å². The summed E-state index contributed by atoms with van der Waals surface area (Å²) in [6.07, 6.45) is 0.771. The number of carbonyl (C=O) groups excluding carboxylic acids is 2. The van der Waals surface area contributed by atoms with Gasteiger partial charge in [0.15, 0.2) is 5.78 Å². The number of halogens is 1. The molecule has 2 aromatic rings. The SMILES string of the molecule is O=C(CC1=NC[C@H]2c3ccccc3CCN2C1=O)c1ccc(F)cc1. The van der Waals surface area contributed by atoms with Gasteiger partial charge < -0.3 is 4.90 Å². The van der Waals surface area contributed by atoms with E-state index in [4.69, 9.17) is 0 Å². The van der Waals surface area contributed by atoms with E-state index in [0.29, 0.717) is 24.4 Å². The summed E-state index contributed by atoms with van der Waals surface area (Å²) in [4.78, 5) is 31.4. The zero-order chi connectivity index (χ0) is 17.4. The molecule has 0 fully saturated rings. The van der Waals surface area contributed by atoms with Crippen molar-refractivity contribution in [2.45, 2.75) is 18.9 Å². The van der Waals surface area contributed by atoms with Crippen molar-refractivity contribution in [3.05, 3.63) is 71.0 Å². The van der Waals surface area contributed by atoms with Gasteiger partial charge in [-0.15, -0.1) is 0 Å². The van der Waals surface area contributed by atoms with Crippen LogP contribution >= 0.6 is 0 Å². The van der Waals surface area contributed by atoms with Crippen molar-refractivity contribution in [2.75, 3.05) is 13.1 Å². The van der Waals surface area contributed by atoms with Crippen molar-refractivity contribution in [1.82, 2.24) is 4.90 Å². The summed E-state index contributed by atoms with van der Waals surface area (Å²) in [5, 5.41) is 0. The van der Waals surface area contributed by atoms with Gasteiger partial charge in [0.25, 0.3) is 5.91 Å². The number of nitrogens with zero attached hydrogens (tertiary/aromatic N) is 2. The van der Waals surface area contributed by atoms with E-state index in [0.717, 1.165) is 12.0 Å². The quantitative estimate of drug-likeness (QED) is 0.809. The Bertz CT molecular complexity index is 874. The summed E-state index contributed by atoms with van der Waals surface area (Å²) in [7, 11) is 0. The van der Waals surface area contributed by atoms with Crippen LogP contribution in [0.3, 0.4) is 0 Å². The van der Waals surface area contributed by atoms with Crippen molar-refractivity contribution in [2.24, 2.45) is 4.99 Å². The lowest BCUT2D eigenvalue weighted by atomic mass is 9.90. The summed E-state index contributed by atoms with van der Waals surface area (Å²) in [6.45, 7) is 1.12. The highest BCUT2D eigenvalue weighted by Gasteiger charge is 2.36. The Kier molecular flexibility index (Phi) is 3.92. The smallest absolute Gasteiger partial charge is 0.268 e. The fourth-order valence-electron chi connectivity index (χ4n) is 3.54. The normalized spacial score (nSPS) is 19.1. The molecule has 2 aliphatic heterocycles. The molecule has 25 heavy (non-hydrogen) atoms. The van der Waals surface area contributed by atoms with Crippen LogP contribution in [0.5, 0.6) is 0 Å². The molecule has 4 nitrogen and oxygen atoms in total. The molecule has 0 unspecified atom stereocenters. The number of benzene rings is 2. The van der Waals surface area contributed by atoms with Crippen LogP contribution in [0.15, 0.2) is 53.5 Å². The molecule has 0 aliphatic carbocycles. The summed E-state index contributed by atoms with van der Waals surface area (Å²) in [6, 6.07) is 13.4. The molecule has 0 radical (unpaired) electrons. The first-order chi connectivity index (χ1) is 12.1. The van der Waals surface area contributed by atoms with E-state index in [1.165, 1.54) is 29.8 Å². The summed E-state index contributed by atoms with van der Waals surface area (Å²) >= 11 is 0. The molecule has 0 saturated carbocycles. The molecule has 0 spiro atoms. The third-order valence-electron chi connectivity index (χ3n) is 4.87. The second-order valence-electron chi connectivity index (χ2n) is 6.36. The number of ketones is 1. The van der Waals surface area contributed by atoms with Crippen LogP contribution in [-0.2, 0) is 11.2 Å². The largest absolute Gasteiger partial charge is 0.328 e. The molecule has 1 atom stereocenters. The van der Waals surface area contributed by atoms with Crippen molar-refractivity contribution in [3.63, 3.8) is 0 Å². The molecule has 0 aromatic heterocycles. The van der Waals surface area contributed by atoms with Gasteiger partial charge in [-0.1, -0.05) is 24.3 Å². The van der Waals surface area contributed by atoms with Crippen LogP contribution in [0, 0.1) is 5.82 Å². The lowest BCUT2D eigenvalue weighted by Gasteiger charge is -2.39. The Hall–Kier alpha value is -2.82. The van der Waals surface area contributed by atoms with E-state index in [9.17, 15) is 14.0 Å². The van der Waals surface area contributed by atoms with Crippen LogP contribution in [0.25, 0.3) is 0 Å². The van der Waals surface area contributed by atoms with Crippen LogP contribution in [-0.4, -0.2) is 35.4 Å². The summed E-state index contributed by atoms with van der Waals surface area (Å²) in [5.41, 5.74) is 3.10. The van der Waals surface area contributed by atoms with E-state index in [-0.39, 0.29) is 24.2 Å². The number of amides is 1. The third kappa shape index (κ3) is 2.86. The predicted molar refractivity (Wildman–Crippen MR) is 92.2 cm³/mol. The highest BCUT2D eigenvalue weighted by Crippen LogP contribution is 2.32.